The second-order valence-electron chi connectivity index (χ2n) is 3.97. The second-order valence-corrected chi connectivity index (χ2v) is 4.76. The van der Waals surface area contributed by atoms with E-state index in [-0.39, 0.29) is 0 Å². The molecule has 1 aliphatic rings. The second kappa shape index (κ2) is 5.61. The highest BCUT2D eigenvalue weighted by Crippen LogP contribution is 2.10. The van der Waals surface area contributed by atoms with Crippen molar-refractivity contribution in [2.75, 3.05) is 18.4 Å². The molecule has 1 aromatic rings. The maximum Gasteiger partial charge on any atom is 0.147 e. The maximum atomic E-state index is 4.12. The molecular weight excluding hydrogens is 256 g/mol. The molecule has 0 N–H and O–H groups in total. The highest BCUT2D eigenvalue weighted by atomic mass is 79.9. The van der Waals surface area contributed by atoms with Crippen LogP contribution in [0.2, 0.25) is 0 Å². The van der Waals surface area contributed by atoms with Gasteiger partial charge in [-0.1, -0.05) is 22.4 Å². The van der Waals surface area contributed by atoms with Gasteiger partial charge in [-0.3, -0.25) is 4.90 Å². The maximum absolute atomic E-state index is 4.12. The molecule has 84 valence electrons. The summed E-state index contributed by atoms with van der Waals surface area (Å²) in [6, 6.07) is 0. The highest BCUT2D eigenvalue weighted by molar-refractivity contribution is 9.09. The summed E-state index contributed by atoms with van der Waals surface area (Å²) in [5.41, 5.74) is 0. The first-order valence-corrected chi connectivity index (χ1v) is 6.67. The van der Waals surface area contributed by atoms with Crippen LogP contribution in [-0.4, -0.2) is 38.1 Å². The number of unbranched alkanes of at least 4 members (excludes halogenated alkanes) is 2. The van der Waals surface area contributed by atoms with E-state index in [4.69, 9.17) is 0 Å². The zero-order valence-corrected chi connectivity index (χ0v) is 10.5. The van der Waals surface area contributed by atoms with E-state index in [0.29, 0.717) is 0 Å². The minimum absolute atomic E-state index is 0.967. The fourth-order valence-corrected chi connectivity index (χ4v) is 2.31. The number of rotatable bonds is 5. The molecule has 0 saturated carbocycles. The van der Waals surface area contributed by atoms with E-state index in [1.54, 1.807) is 0 Å². The van der Waals surface area contributed by atoms with Crippen molar-refractivity contribution in [3.8, 4) is 0 Å². The monoisotopic (exact) mass is 272 g/mol. The van der Waals surface area contributed by atoms with Gasteiger partial charge in [-0.15, -0.1) is 10.2 Å². The van der Waals surface area contributed by atoms with Crippen LogP contribution in [-0.2, 0) is 13.1 Å². The average Bonchev–Trinajstić information content (AvgIpc) is 2.71. The Balaban J connectivity index is 1.73. The van der Waals surface area contributed by atoms with Crippen molar-refractivity contribution in [3.63, 3.8) is 0 Å². The van der Waals surface area contributed by atoms with E-state index in [1.165, 1.54) is 25.8 Å². The fraction of sp³-hybridized carbons (Fsp3) is 0.800. The van der Waals surface area contributed by atoms with Crippen LogP contribution in [0.5, 0.6) is 0 Å². The van der Waals surface area contributed by atoms with Crippen molar-refractivity contribution in [1.82, 2.24) is 19.7 Å². The van der Waals surface area contributed by atoms with Gasteiger partial charge in [-0.2, -0.15) is 0 Å². The van der Waals surface area contributed by atoms with Crippen LogP contribution in [0.25, 0.3) is 0 Å². The summed E-state index contributed by atoms with van der Waals surface area (Å²) in [5, 5.41) is 9.17. The van der Waals surface area contributed by atoms with Crippen LogP contribution >= 0.6 is 15.9 Å². The van der Waals surface area contributed by atoms with Gasteiger partial charge in [0.25, 0.3) is 0 Å². The molecule has 2 heterocycles. The summed E-state index contributed by atoms with van der Waals surface area (Å²) >= 11 is 3.46. The summed E-state index contributed by atoms with van der Waals surface area (Å²) in [4.78, 5) is 2.47. The lowest BCUT2D eigenvalue weighted by Gasteiger charge is -2.26. The van der Waals surface area contributed by atoms with Crippen molar-refractivity contribution in [2.24, 2.45) is 0 Å². The summed E-state index contributed by atoms with van der Waals surface area (Å²) in [7, 11) is 0. The quantitative estimate of drug-likeness (QED) is 0.604. The molecule has 0 aliphatic carbocycles. The Kier molecular flexibility index (Phi) is 4.14. The average molecular weight is 273 g/mol. The third-order valence-corrected chi connectivity index (χ3v) is 3.39. The first-order chi connectivity index (χ1) is 7.40. The fourth-order valence-electron chi connectivity index (χ4n) is 1.91. The molecule has 0 radical (unpaired) electrons. The molecule has 4 nitrogen and oxygen atoms in total. The SMILES string of the molecule is BrCCCCCN1CCn2cnnc2C1. The van der Waals surface area contributed by atoms with Crippen molar-refractivity contribution in [3.05, 3.63) is 12.2 Å². The number of halogens is 1. The molecule has 1 aromatic heterocycles. The molecule has 0 aromatic carbocycles. The Morgan fingerprint density at radius 3 is 3.07 bits per heavy atom. The highest BCUT2D eigenvalue weighted by Gasteiger charge is 2.16. The number of alkyl halides is 1. The van der Waals surface area contributed by atoms with Crippen molar-refractivity contribution < 1.29 is 0 Å². The lowest BCUT2D eigenvalue weighted by Crippen LogP contribution is -2.34. The smallest absolute Gasteiger partial charge is 0.147 e. The van der Waals surface area contributed by atoms with Crippen LogP contribution in [0.4, 0.5) is 0 Å². The topological polar surface area (TPSA) is 34.0 Å². The van der Waals surface area contributed by atoms with Crippen molar-refractivity contribution in [2.45, 2.75) is 32.4 Å². The number of nitrogens with zero attached hydrogens (tertiary/aromatic N) is 4. The summed E-state index contributed by atoms with van der Waals surface area (Å²) in [5.74, 6) is 1.11. The zero-order valence-electron chi connectivity index (χ0n) is 8.90. The Morgan fingerprint density at radius 1 is 1.27 bits per heavy atom. The van der Waals surface area contributed by atoms with Gasteiger partial charge >= 0.3 is 0 Å². The summed E-state index contributed by atoms with van der Waals surface area (Å²) in [6.45, 7) is 4.34. The zero-order chi connectivity index (χ0) is 10.5. The number of hydrogen-bond donors (Lipinski definition) is 0. The van der Waals surface area contributed by atoms with Gasteiger partial charge < -0.3 is 4.57 Å². The molecule has 1 aliphatic heterocycles. The molecule has 2 rings (SSSR count). The summed E-state index contributed by atoms with van der Waals surface area (Å²) < 4.78 is 2.15. The molecule has 0 saturated heterocycles. The Bertz CT molecular complexity index is 299. The minimum Gasteiger partial charge on any atom is -0.315 e. The predicted octanol–water partition coefficient (Wildman–Crippen LogP) is 1.66. The lowest BCUT2D eigenvalue weighted by molar-refractivity contribution is 0.213. The van der Waals surface area contributed by atoms with Gasteiger partial charge in [0.1, 0.15) is 12.2 Å². The van der Waals surface area contributed by atoms with Crippen LogP contribution in [0.1, 0.15) is 25.1 Å². The molecule has 15 heavy (non-hydrogen) atoms. The van der Waals surface area contributed by atoms with Gasteiger partial charge in [-0.25, -0.2) is 0 Å². The third-order valence-electron chi connectivity index (χ3n) is 2.83. The molecule has 0 atom stereocenters. The summed E-state index contributed by atoms with van der Waals surface area (Å²) in [6.07, 6.45) is 5.72. The number of hydrogen-bond acceptors (Lipinski definition) is 3. The predicted molar refractivity (Wildman–Crippen MR) is 62.9 cm³/mol. The molecule has 0 fully saturated rings. The largest absolute Gasteiger partial charge is 0.315 e. The lowest BCUT2D eigenvalue weighted by atomic mass is 10.2. The Labute approximate surface area is 98.8 Å². The number of fused-ring (bicyclic) bond motifs is 1. The van der Waals surface area contributed by atoms with Gasteiger partial charge in [0.2, 0.25) is 0 Å². The van der Waals surface area contributed by atoms with E-state index in [0.717, 1.165) is 30.8 Å². The van der Waals surface area contributed by atoms with Crippen LogP contribution in [0.3, 0.4) is 0 Å². The van der Waals surface area contributed by atoms with E-state index in [1.807, 2.05) is 6.33 Å². The first-order valence-electron chi connectivity index (χ1n) is 5.55. The van der Waals surface area contributed by atoms with Crippen LogP contribution in [0.15, 0.2) is 6.33 Å². The van der Waals surface area contributed by atoms with Gasteiger partial charge in [0, 0.05) is 18.4 Å². The molecule has 5 heteroatoms. The molecular formula is C10H17BrN4. The molecule has 0 amide bonds. The van der Waals surface area contributed by atoms with Gasteiger partial charge in [-0.05, 0) is 19.4 Å². The molecule has 0 spiro atoms. The number of aromatic nitrogens is 3. The van der Waals surface area contributed by atoms with E-state index in [2.05, 4.69) is 35.6 Å². The van der Waals surface area contributed by atoms with Gasteiger partial charge in [0.05, 0.1) is 6.54 Å². The normalized spacial score (nSPS) is 16.6. The molecule has 0 unspecified atom stereocenters. The Hall–Kier alpha value is -0.420. The van der Waals surface area contributed by atoms with Crippen molar-refractivity contribution in [1.29, 1.82) is 0 Å². The standard InChI is InChI=1S/C10H17BrN4/c11-4-2-1-3-5-14-6-7-15-9-12-13-10(15)8-14/h9H,1-8H2. The van der Waals surface area contributed by atoms with Crippen LogP contribution < -0.4 is 0 Å². The Morgan fingerprint density at radius 2 is 2.20 bits per heavy atom. The van der Waals surface area contributed by atoms with E-state index < -0.39 is 0 Å². The van der Waals surface area contributed by atoms with Crippen LogP contribution in [0, 0.1) is 0 Å². The van der Waals surface area contributed by atoms with Gasteiger partial charge in [0.15, 0.2) is 0 Å². The first kappa shape index (κ1) is 11.1. The third kappa shape index (κ3) is 3.01. The van der Waals surface area contributed by atoms with Crippen molar-refractivity contribution >= 4 is 15.9 Å². The minimum atomic E-state index is 0.967. The van der Waals surface area contributed by atoms with E-state index in [9.17, 15) is 0 Å². The molecule has 0 bridgehead atoms. The van der Waals surface area contributed by atoms with E-state index >= 15 is 0 Å².